The highest BCUT2D eigenvalue weighted by atomic mass is 19.1. The van der Waals surface area contributed by atoms with Crippen molar-refractivity contribution < 1.29 is 9.18 Å². The van der Waals surface area contributed by atoms with Crippen LogP contribution in [0, 0.1) is 19.7 Å². The highest BCUT2D eigenvalue weighted by Gasteiger charge is 2.28. The number of amides is 1. The number of halogens is 1. The number of benzene rings is 2. The second-order valence-corrected chi connectivity index (χ2v) is 5.29. The largest absolute Gasteiger partial charge is 0.326 e. The molecule has 0 saturated carbocycles. The van der Waals surface area contributed by atoms with E-state index in [2.05, 4.69) is 10.3 Å². The average Bonchev–Trinajstić information content (AvgIpc) is 2.85. The molecule has 2 aromatic carbocycles. The number of aryl methyl sites for hydroxylation is 2. The molecule has 0 spiro atoms. The summed E-state index contributed by atoms with van der Waals surface area (Å²) < 4.78 is 13.0. The van der Waals surface area contributed by atoms with Gasteiger partial charge in [0.2, 0.25) is 5.96 Å². The number of carbonyl (C=O) groups is 1. The predicted molar refractivity (Wildman–Crippen MR) is 85.7 cm³/mol. The smallest absolute Gasteiger partial charge is 0.255 e. The van der Waals surface area contributed by atoms with Gasteiger partial charge in [-0.1, -0.05) is 12.1 Å². The second kappa shape index (κ2) is 5.60. The van der Waals surface area contributed by atoms with Crippen LogP contribution < -0.4 is 10.2 Å². The number of hydrogen-bond acceptors (Lipinski definition) is 3. The molecular weight excluding hydrogens is 281 g/mol. The number of carbonyl (C=O) groups excluding carboxylic acids is 1. The highest BCUT2D eigenvalue weighted by Crippen LogP contribution is 2.25. The molecule has 22 heavy (non-hydrogen) atoms. The Hall–Kier alpha value is -2.69. The molecule has 0 unspecified atom stereocenters. The van der Waals surface area contributed by atoms with Crippen molar-refractivity contribution in [3.8, 4) is 0 Å². The molecular formula is C17H16FN3O. The van der Waals surface area contributed by atoms with Crippen molar-refractivity contribution in [3.63, 3.8) is 0 Å². The van der Waals surface area contributed by atoms with Crippen LogP contribution in [0.4, 0.5) is 15.8 Å². The van der Waals surface area contributed by atoms with E-state index in [-0.39, 0.29) is 18.3 Å². The van der Waals surface area contributed by atoms with E-state index in [1.165, 1.54) is 12.1 Å². The first-order valence-corrected chi connectivity index (χ1v) is 7.02. The van der Waals surface area contributed by atoms with Crippen molar-refractivity contribution in [2.24, 2.45) is 4.99 Å². The van der Waals surface area contributed by atoms with Gasteiger partial charge in [-0.2, -0.15) is 0 Å². The SMILES string of the molecule is Cc1ccc(C)c(N2C(=O)CN=C2Nc2ccc(F)cc2)c1. The predicted octanol–water partition coefficient (Wildman–Crippen LogP) is 3.26. The Morgan fingerprint density at radius 1 is 1.14 bits per heavy atom. The zero-order valence-electron chi connectivity index (χ0n) is 12.4. The summed E-state index contributed by atoms with van der Waals surface area (Å²) in [5.74, 6) is 0.0741. The molecule has 1 aliphatic heterocycles. The maximum atomic E-state index is 13.0. The molecule has 3 rings (SSSR count). The number of hydrogen-bond donors (Lipinski definition) is 1. The first kappa shape index (κ1) is 14.3. The number of anilines is 2. The minimum absolute atomic E-state index is 0.0849. The summed E-state index contributed by atoms with van der Waals surface area (Å²) in [5.41, 5.74) is 3.57. The monoisotopic (exact) mass is 297 g/mol. The van der Waals surface area contributed by atoms with Gasteiger partial charge in [-0.3, -0.25) is 4.79 Å². The quantitative estimate of drug-likeness (QED) is 0.924. The molecule has 1 N–H and O–H groups in total. The van der Waals surface area contributed by atoms with Crippen molar-refractivity contribution in [1.82, 2.24) is 0 Å². The van der Waals surface area contributed by atoms with Crippen LogP contribution in [-0.2, 0) is 4.79 Å². The third-order valence-corrected chi connectivity index (χ3v) is 3.53. The molecule has 0 atom stereocenters. The summed E-state index contributed by atoms with van der Waals surface area (Å²) in [5, 5.41) is 3.08. The molecule has 112 valence electrons. The standard InChI is InChI=1S/C17H16FN3O/c1-11-3-4-12(2)15(9-11)21-16(22)10-19-17(21)20-14-7-5-13(18)6-8-14/h3-9H,10H2,1-2H3,(H,19,20). The fourth-order valence-corrected chi connectivity index (χ4v) is 2.37. The molecule has 2 aromatic rings. The van der Waals surface area contributed by atoms with Gasteiger partial charge < -0.3 is 5.32 Å². The van der Waals surface area contributed by atoms with E-state index in [0.717, 1.165) is 16.8 Å². The molecule has 0 fully saturated rings. The fourth-order valence-electron chi connectivity index (χ4n) is 2.37. The first-order valence-electron chi connectivity index (χ1n) is 7.02. The van der Waals surface area contributed by atoms with E-state index in [4.69, 9.17) is 0 Å². The van der Waals surface area contributed by atoms with Crippen molar-refractivity contribution in [3.05, 3.63) is 59.4 Å². The van der Waals surface area contributed by atoms with Gasteiger partial charge in [0, 0.05) is 5.69 Å². The van der Waals surface area contributed by atoms with Crippen LogP contribution in [0.1, 0.15) is 11.1 Å². The molecule has 1 heterocycles. The van der Waals surface area contributed by atoms with Gasteiger partial charge in [0.15, 0.2) is 0 Å². The number of rotatable bonds is 2. The summed E-state index contributed by atoms with van der Waals surface area (Å²) in [7, 11) is 0. The van der Waals surface area contributed by atoms with Crippen molar-refractivity contribution in [1.29, 1.82) is 0 Å². The van der Waals surface area contributed by atoms with Gasteiger partial charge in [0.1, 0.15) is 12.4 Å². The van der Waals surface area contributed by atoms with Gasteiger partial charge in [0.25, 0.3) is 5.91 Å². The Labute approximate surface area is 128 Å². The van der Waals surface area contributed by atoms with E-state index >= 15 is 0 Å². The van der Waals surface area contributed by atoms with E-state index in [1.807, 2.05) is 32.0 Å². The molecule has 0 bridgehead atoms. The lowest BCUT2D eigenvalue weighted by Crippen LogP contribution is -2.37. The van der Waals surface area contributed by atoms with Crippen LogP contribution >= 0.6 is 0 Å². The Morgan fingerprint density at radius 2 is 1.86 bits per heavy atom. The third kappa shape index (κ3) is 2.70. The minimum atomic E-state index is -0.304. The van der Waals surface area contributed by atoms with Gasteiger partial charge in [-0.25, -0.2) is 14.3 Å². The Kier molecular flexibility index (Phi) is 3.63. The Balaban J connectivity index is 1.92. The number of nitrogens with one attached hydrogen (secondary N) is 1. The van der Waals surface area contributed by atoms with Gasteiger partial charge in [-0.05, 0) is 55.3 Å². The fraction of sp³-hybridized carbons (Fsp3) is 0.176. The van der Waals surface area contributed by atoms with Crippen LogP contribution in [-0.4, -0.2) is 18.4 Å². The topological polar surface area (TPSA) is 44.7 Å². The number of guanidine groups is 1. The number of nitrogens with zero attached hydrogens (tertiary/aromatic N) is 2. The molecule has 5 heteroatoms. The lowest BCUT2D eigenvalue weighted by molar-refractivity contribution is -0.115. The van der Waals surface area contributed by atoms with Crippen LogP contribution in [0.3, 0.4) is 0 Å². The van der Waals surface area contributed by atoms with Crippen LogP contribution in [0.25, 0.3) is 0 Å². The second-order valence-electron chi connectivity index (χ2n) is 5.29. The lowest BCUT2D eigenvalue weighted by atomic mass is 10.1. The summed E-state index contributed by atoms with van der Waals surface area (Å²) in [6.07, 6.45) is 0. The van der Waals surface area contributed by atoms with Crippen molar-refractivity contribution in [2.75, 3.05) is 16.8 Å². The molecule has 4 nitrogen and oxygen atoms in total. The zero-order chi connectivity index (χ0) is 15.7. The molecule has 0 aromatic heterocycles. The summed E-state index contributed by atoms with van der Waals surface area (Å²) in [6.45, 7) is 4.04. The Bertz CT molecular complexity index is 753. The van der Waals surface area contributed by atoms with E-state index in [0.29, 0.717) is 11.6 Å². The van der Waals surface area contributed by atoms with E-state index < -0.39 is 0 Å². The van der Waals surface area contributed by atoms with Crippen molar-refractivity contribution >= 4 is 23.2 Å². The normalized spacial score (nSPS) is 14.2. The minimum Gasteiger partial charge on any atom is -0.326 e. The number of aliphatic imine (C=N–C) groups is 1. The third-order valence-electron chi connectivity index (χ3n) is 3.53. The molecule has 0 radical (unpaired) electrons. The van der Waals surface area contributed by atoms with Crippen LogP contribution in [0.5, 0.6) is 0 Å². The molecule has 1 aliphatic rings. The summed E-state index contributed by atoms with van der Waals surface area (Å²) >= 11 is 0. The van der Waals surface area contributed by atoms with E-state index in [9.17, 15) is 9.18 Å². The van der Waals surface area contributed by atoms with Gasteiger partial charge in [-0.15, -0.1) is 0 Å². The van der Waals surface area contributed by atoms with E-state index in [1.54, 1.807) is 17.0 Å². The first-order chi connectivity index (χ1) is 10.5. The highest BCUT2D eigenvalue weighted by molar-refractivity contribution is 6.25. The maximum Gasteiger partial charge on any atom is 0.255 e. The maximum absolute atomic E-state index is 13.0. The zero-order valence-corrected chi connectivity index (χ0v) is 12.4. The molecule has 0 aliphatic carbocycles. The van der Waals surface area contributed by atoms with Crippen LogP contribution in [0.2, 0.25) is 0 Å². The lowest BCUT2D eigenvalue weighted by Gasteiger charge is -2.22. The van der Waals surface area contributed by atoms with Gasteiger partial charge >= 0.3 is 0 Å². The van der Waals surface area contributed by atoms with Gasteiger partial charge in [0.05, 0.1) is 5.69 Å². The van der Waals surface area contributed by atoms with Crippen molar-refractivity contribution in [2.45, 2.75) is 13.8 Å². The summed E-state index contributed by atoms with van der Waals surface area (Å²) in [4.78, 5) is 18.0. The molecule has 1 amide bonds. The summed E-state index contributed by atoms with van der Waals surface area (Å²) in [6, 6.07) is 11.9. The van der Waals surface area contributed by atoms with Crippen LogP contribution in [0.15, 0.2) is 47.5 Å². The molecule has 0 saturated heterocycles. The Morgan fingerprint density at radius 3 is 2.59 bits per heavy atom. The average molecular weight is 297 g/mol.